The average Bonchev–Trinajstić information content (AvgIpc) is 2.73. The SMILES string of the molecule is O=c1nc[nH]c2cc(-c3ccc4nccc(-c5ccncc5)c4c3)cnc12. The fourth-order valence-corrected chi connectivity index (χ4v) is 3.23. The second-order valence-electron chi connectivity index (χ2n) is 6.15. The molecule has 5 rings (SSSR count). The van der Waals surface area contributed by atoms with Gasteiger partial charge < -0.3 is 4.98 Å². The van der Waals surface area contributed by atoms with E-state index in [1.165, 1.54) is 6.33 Å². The van der Waals surface area contributed by atoms with E-state index in [9.17, 15) is 4.79 Å². The van der Waals surface area contributed by atoms with Gasteiger partial charge in [0.1, 0.15) is 0 Å². The minimum Gasteiger partial charge on any atom is -0.344 e. The van der Waals surface area contributed by atoms with Gasteiger partial charge in [-0.1, -0.05) is 6.07 Å². The van der Waals surface area contributed by atoms with Gasteiger partial charge in [0.2, 0.25) is 0 Å². The molecular formula is C21H13N5O. The summed E-state index contributed by atoms with van der Waals surface area (Å²) in [5.74, 6) is 0. The molecule has 0 saturated heterocycles. The van der Waals surface area contributed by atoms with Gasteiger partial charge in [-0.05, 0) is 53.1 Å². The molecular weight excluding hydrogens is 338 g/mol. The van der Waals surface area contributed by atoms with Gasteiger partial charge in [0, 0.05) is 35.7 Å². The van der Waals surface area contributed by atoms with Crippen LogP contribution in [-0.4, -0.2) is 24.9 Å². The van der Waals surface area contributed by atoms with Crippen molar-refractivity contribution in [3.63, 3.8) is 0 Å². The summed E-state index contributed by atoms with van der Waals surface area (Å²) in [7, 11) is 0. The molecule has 0 aliphatic carbocycles. The first kappa shape index (κ1) is 15.3. The summed E-state index contributed by atoms with van der Waals surface area (Å²) >= 11 is 0. The van der Waals surface area contributed by atoms with Gasteiger partial charge in [0.15, 0.2) is 5.52 Å². The minimum absolute atomic E-state index is 0.334. The maximum atomic E-state index is 11.8. The number of benzene rings is 1. The van der Waals surface area contributed by atoms with E-state index in [1.54, 1.807) is 18.6 Å². The number of nitrogens with zero attached hydrogens (tertiary/aromatic N) is 4. The van der Waals surface area contributed by atoms with E-state index in [4.69, 9.17) is 0 Å². The number of hydrogen-bond acceptors (Lipinski definition) is 5. The average molecular weight is 351 g/mol. The van der Waals surface area contributed by atoms with Crippen LogP contribution in [0.15, 0.2) is 78.4 Å². The van der Waals surface area contributed by atoms with Crippen LogP contribution in [0.1, 0.15) is 0 Å². The topological polar surface area (TPSA) is 84.4 Å². The van der Waals surface area contributed by atoms with Crippen molar-refractivity contribution in [2.45, 2.75) is 0 Å². The molecule has 5 aromatic rings. The third-order valence-corrected chi connectivity index (χ3v) is 4.56. The van der Waals surface area contributed by atoms with Crippen LogP contribution >= 0.6 is 0 Å². The molecule has 0 atom stereocenters. The summed E-state index contributed by atoms with van der Waals surface area (Å²) in [6.45, 7) is 0. The quantitative estimate of drug-likeness (QED) is 0.525. The lowest BCUT2D eigenvalue weighted by Crippen LogP contribution is -2.07. The summed E-state index contributed by atoms with van der Waals surface area (Å²) in [5.41, 5.74) is 5.66. The fraction of sp³-hybridized carbons (Fsp3) is 0. The predicted octanol–water partition coefficient (Wildman–Crippen LogP) is 3.60. The molecule has 0 aliphatic heterocycles. The number of rotatable bonds is 2. The molecule has 4 heterocycles. The monoisotopic (exact) mass is 351 g/mol. The zero-order valence-corrected chi connectivity index (χ0v) is 14.1. The summed E-state index contributed by atoms with van der Waals surface area (Å²) in [5, 5.41) is 1.05. The Labute approximate surface area is 153 Å². The smallest absolute Gasteiger partial charge is 0.299 e. The molecule has 128 valence electrons. The standard InChI is InChI=1S/C21H13N5O/c27-21-20-19(25-12-26-21)10-15(11-24-20)14-1-2-18-17(9-14)16(5-8-23-18)13-3-6-22-7-4-13/h1-12H,(H,25,26,27). The molecule has 0 fully saturated rings. The van der Waals surface area contributed by atoms with Gasteiger partial charge in [0.05, 0.1) is 17.4 Å². The molecule has 0 saturated carbocycles. The van der Waals surface area contributed by atoms with Gasteiger partial charge in [-0.3, -0.25) is 14.8 Å². The number of nitrogens with one attached hydrogen (secondary N) is 1. The minimum atomic E-state index is -0.335. The Morgan fingerprint density at radius 1 is 0.778 bits per heavy atom. The van der Waals surface area contributed by atoms with Crippen LogP contribution in [0, 0.1) is 0 Å². The van der Waals surface area contributed by atoms with Crippen LogP contribution in [0.2, 0.25) is 0 Å². The Hall–Kier alpha value is -3.93. The molecule has 0 aliphatic rings. The maximum absolute atomic E-state index is 11.8. The van der Waals surface area contributed by atoms with Crippen LogP contribution in [0.25, 0.3) is 44.2 Å². The second-order valence-corrected chi connectivity index (χ2v) is 6.15. The normalized spacial score (nSPS) is 11.1. The zero-order chi connectivity index (χ0) is 18.2. The van der Waals surface area contributed by atoms with Crippen LogP contribution in [-0.2, 0) is 0 Å². The highest BCUT2D eigenvalue weighted by molar-refractivity contribution is 5.97. The van der Waals surface area contributed by atoms with E-state index in [0.29, 0.717) is 11.0 Å². The molecule has 6 nitrogen and oxygen atoms in total. The lowest BCUT2D eigenvalue weighted by atomic mass is 9.98. The molecule has 1 N–H and O–H groups in total. The van der Waals surface area contributed by atoms with E-state index in [1.807, 2.05) is 42.6 Å². The third-order valence-electron chi connectivity index (χ3n) is 4.56. The summed E-state index contributed by atoms with van der Waals surface area (Å²) in [6.07, 6.45) is 8.46. The number of aromatic amines is 1. The molecule has 0 spiro atoms. The van der Waals surface area contributed by atoms with Crippen molar-refractivity contribution in [2.75, 3.05) is 0 Å². The van der Waals surface area contributed by atoms with Crippen molar-refractivity contribution in [3.8, 4) is 22.3 Å². The predicted molar refractivity (Wildman–Crippen MR) is 104 cm³/mol. The lowest BCUT2D eigenvalue weighted by molar-refractivity contribution is 1.15. The molecule has 0 unspecified atom stereocenters. The largest absolute Gasteiger partial charge is 0.344 e. The number of H-pyrrole nitrogens is 1. The van der Waals surface area contributed by atoms with Crippen molar-refractivity contribution in [3.05, 3.63) is 83.9 Å². The molecule has 4 aromatic heterocycles. The number of fused-ring (bicyclic) bond motifs is 2. The third kappa shape index (κ3) is 2.64. The van der Waals surface area contributed by atoms with Gasteiger partial charge in [-0.2, -0.15) is 4.98 Å². The Morgan fingerprint density at radius 2 is 1.67 bits per heavy atom. The Bertz CT molecular complexity index is 1350. The molecule has 0 radical (unpaired) electrons. The highest BCUT2D eigenvalue weighted by Crippen LogP contribution is 2.31. The van der Waals surface area contributed by atoms with Crippen molar-refractivity contribution in [1.29, 1.82) is 0 Å². The van der Waals surface area contributed by atoms with E-state index < -0.39 is 0 Å². The van der Waals surface area contributed by atoms with Crippen LogP contribution in [0.4, 0.5) is 0 Å². The first-order chi connectivity index (χ1) is 13.3. The van der Waals surface area contributed by atoms with Crippen molar-refractivity contribution in [1.82, 2.24) is 24.9 Å². The Balaban J connectivity index is 1.72. The second kappa shape index (κ2) is 6.10. The van der Waals surface area contributed by atoms with Crippen LogP contribution in [0.3, 0.4) is 0 Å². The first-order valence-corrected chi connectivity index (χ1v) is 8.42. The van der Waals surface area contributed by atoms with Gasteiger partial charge in [0.25, 0.3) is 5.56 Å². The molecule has 0 bridgehead atoms. The van der Waals surface area contributed by atoms with E-state index >= 15 is 0 Å². The maximum Gasteiger partial charge on any atom is 0.299 e. The summed E-state index contributed by atoms with van der Waals surface area (Å²) in [6, 6.07) is 14.0. The van der Waals surface area contributed by atoms with Gasteiger partial charge in [-0.15, -0.1) is 0 Å². The van der Waals surface area contributed by atoms with E-state index in [2.05, 4.69) is 31.0 Å². The number of pyridine rings is 3. The highest BCUT2D eigenvalue weighted by atomic mass is 16.1. The van der Waals surface area contributed by atoms with E-state index in [-0.39, 0.29) is 5.56 Å². The first-order valence-electron chi connectivity index (χ1n) is 8.42. The molecule has 1 aromatic carbocycles. The Morgan fingerprint density at radius 3 is 2.56 bits per heavy atom. The van der Waals surface area contributed by atoms with Crippen molar-refractivity contribution >= 4 is 21.9 Å². The Kier molecular flexibility index (Phi) is 3.47. The fourth-order valence-electron chi connectivity index (χ4n) is 3.23. The molecule has 6 heteroatoms. The molecule has 0 amide bonds. The number of aromatic nitrogens is 5. The van der Waals surface area contributed by atoms with E-state index in [0.717, 1.165) is 33.2 Å². The van der Waals surface area contributed by atoms with Gasteiger partial charge >= 0.3 is 0 Å². The summed E-state index contributed by atoms with van der Waals surface area (Å²) < 4.78 is 0. The van der Waals surface area contributed by atoms with Crippen LogP contribution in [0.5, 0.6) is 0 Å². The number of hydrogen-bond donors (Lipinski definition) is 1. The van der Waals surface area contributed by atoms with Crippen LogP contribution < -0.4 is 5.56 Å². The molecule has 27 heavy (non-hydrogen) atoms. The van der Waals surface area contributed by atoms with Crippen molar-refractivity contribution in [2.24, 2.45) is 0 Å². The van der Waals surface area contributed by atoms with Crippen molar-refractivity contribution < 1.29 is 0 Å². The highest BCUT2D eigenvalue weighted by Gasteiger charge is 2.09. The zero-order valence-electron chi connectivity index (χ0n) is 14.1. The lowest BCUT2D eigenvalue weighted by Gasteiger charge is -2.09. The van der Waals surface area contributed by atoms with Gasteiger partial charge in [-0.25, -0.2) is 4.98 Å². The summed E-state index contributed by atoms with van der Waals surface area (Å²) in [4.78, 5) is 31.3.